The molecule has 0 aliphatic rings. The second kappa shape index (κ2) is 5.13. The summed E-state index contributed by atoms with van der Waals surface area (Å²) in [5.41, 5.74) is 0.799. The highest BCUT2D eigenvalue weighted by Crippen LogP contribution is 2.10. The normalized spacial score (nSPS) is 9.20. The van der Waals surface area contributed by atoms with Crippen LogP contribution in [0.5, 0.6) is 0 Å². The van der Waals surface area contributed by atoms with Crippen LogP contribution in [0, 0.1) is 17.7 Å². The summed E-state index contributed by atoms with van der Waals surface area (Å²) >= 11 is 0. The van der Waals surface area contributed by atoms with Crippen LogP contribution in [0.3, 0.4) is 0 Å². The first-order valence-corrected chi connectivity index (χ1v) is 4.23. The fraction of sp³-hybridized carbons (Fsp3) is 0.182. The van der Waals surface area contributed by atoms with Gasteiger partial charge in [-0.3, -0.25) is 4.79 Å². The minimum absolute atomic E-state index is 0.276. The standard InChI is InChI=1S/C11H9FO3/c12-10-5-4-8(9(6-10)7-13)2-1-3-11(14)15/h4-6,13H,3,7H2,(H,14,15). The predicted molar refractivity (Wildman–Crippen MR) is 51.5 cm³/mol. The molecule has 0 aromatic heterocycles. The number of carbonyl (C=O) groups is 1. The molecular weight excluding hydrogens is 199 g/mol. The van der Waals surface area contributed by atoms with Gasteiger partial charge in [-0.2, -0.15) is 0 Å². The molecule has 1 aromatic rings. The average molecular weight is 208 g/mol. The third-order valence-corrected chi connectivity index (χ3v) is 1.70. The second-order valence-corrected chi connectivity index (χ2v) is 2.83. The summed E-state index contributed by atoms with van der Waals surface area (Å²) in [4.78, 5) is 10.2. The van der Waals surface area contributed by atoms with Crippen molar-refractivity contribution in [2.75, 3.05) is 0 Å². The monoisotopic (exact) mass is 208 g/mol. The van der Waals surface area contributed by atoms with Crippen LogP contribution in [0.15, 0.2) is 18.2 Å². The zero-order chi connectivity index (χ0) is 11.3. The highest BCUT2D eigenvalue weighted by molar-refractivity contribution is 5.70. The molecule has 0 spiro atoms. The van der Waals surface area contributed by atoms with E-state index in [0.717, 1.165) is 0 Å². The third kappa shape index (κ3) is 3.41. The van der Waals surface area contributed by atoms with E-state index in [2.05, 4.69) is 11.8 Å². The maximum absolute atomic E-state index is 12.7. The minimum Gasteiger partial charge on any atom is -0.481 e. The maximum atomic E-state index is 12.7. The van der Waals surface area contributed by atoms with Crippen molar-refractivity contribution in [3.8, 4) is 11.8 Å². The van der Waals surface area contributed by atoms with Crippen molar-refractivity contribution < 1.29 is 19.4 Å². The number of benzene rings is 1. The van der Waals surface area contributed by atoms with Gasteiger partial charge in [-0.05, 0) is 23.8 Å². The Morgan fingerprint density at radius 1 is 1.47 bits per heavy atom. The Hall–Kier alpha value is -1.86. The lowest BCUT2D eigenvalue weighted by Crippen LogP contribution is -1.93. The van der Waals surface area contributed by atoms with Gasteiger partial charge in [-0.25, -0.2) is 4.39 Å². The first kappa shape index (κ1) is 11.2. The molecule has 0 unspecified atom stereocenters. The molecule has 0 aliphatic heterocycles. The molecule has 0 saturated heterocycles. The van der Waals surface area contributed by atoms with Crippen molar-refractivity contribution in [3.05, 3.63) is 35.1 Å². The molecule has 0 bridgehead atoms. The summed E-state index contributed by atoms with van der Waals surface area (Å²) in [5.74, 6) is 3.50. The van der Waals surface area contributed by atoms with Gasteiger partial charge in [0, 0.05) is 5.56 Å². The summed E-state index contributed by atoms with van der Waals surface area (Å²) in [5, 5.41) is 17.3. The van der Waals surface area contributed by atoms with E-state index in [1.54, 1.807) is 0 Å². The lowest BCUT2D eigenvalue weighted by Gasteiger charge is -1.99. The van der Waals surface area contributed by atoms with E-state index in [1.165, 1.54) is 18.2 Å². The van der Waals surface area contributed by atoms with Crippen molar-refractivity contribution in [3.63, 3.8) is 0 Å². The van der Waals surface area contributed by atoms with Gasteiger partial charge in [0.05, 0.1) is 6.61 Å². The highest BCUT2D eigenvalue weighted by Gasteiger charge is 2.00. The van der Waals surface area contributed by atoms with Gasteiger partial charge in [0.15, 0.2) is 0 Å². The smallest absolute Gasteiger partial charge is 0.315 e. The molecular formula is C11H9FO3. The van der Waals surface area contributed by atoms with Gasteiger partial charge in [0.25, 0.3) is 0 Å². The number of carboxylic acid groups (broad SMARTS) is 1. The van der Waals surface area contributed by atoms with Gasteiger partial charge < -0.3 is 10.2 Å². The summed E-state index contributed by atoms with van der Waals surface area (Å²) < 4.78 is 12.7. The number of carboxylic acids is 1. The first-order chi connectivity index (χ1) is 7.13. The quantitative estimate of drug-likeness (QED) is 0.716. The zero-order valence-electron chi connectivity index (χ0n) is 7.83. The van der Waals surface area contributed by atoms with Crippen LogP contribution in [0.4, 0.5) is 4.39 Å². The molecule has 0 amide bonds. The lowest BCUT2D eigenvalue weighted by atomic mass is 10.1. The summed E-state index contributed by atoms with van der Waals surface area (Å²) in [6.45, 7) is -0.325. The van der Waals surface area contributed by atoms with E-state index in [0.29, 0.717) is 11.1 Å². The molecule has 1 rings (SSSR count). The molecule has 0 saturated carbocycles. The van der Waals surface area contributed by atoms with Crippen molar-refractivity contribution in [1.29, 1.82) is 0 Å². The molecule has 1 aromatic carbocycles. The van der Waals surface area contributed by atoms with Crippen molar-refractivity contribution >= 4 is 5.97 Å². The van der Waals surface area contributed by atoms with E-state index in [9.17, 15) is 9.18 Å². The predicted octanol–water partition coefficient (Wildman–Crippen LogP) is 1.14. The number of aliphatic carboxylic acids is 1. The van der Waals surface area contributed by atoms with Gasteiger partial charge in [-0.15, -0.1) is 0 Å². The number of halogens is 1. The topological polar surface area (TPSA) is 57.5 Å². The van der Waals surface area contributed by atoms with Crippen LogP contribution in [-0.4, -0.2) is 16.2 Å². The van der Waals surface area contributed by atoms with E-state index in [4.69, 9.17) is 10.2 Å². The molecule has 2 N–H and O–H groups in total. The average Bonchev–Trinajstić information content (AvgIpc) is 2.19. The molecule has 0 atom stereocenters. The molecule has 0 aliphatic carbocycles. The molecule has 15 heavy (non-hydrogen) atoms. The van der Waals surface area contributed by atoms with E-state index in [1.807, 2.05) is 0 Å². The van der Waals surface area contributed by atoms with Crippen LogP contribution < -0.4 is 0 Å². The molecule has 0 radical (unpaired) electrons. The van der Waals surface area contributed by atoms with Crippen LogP contribution in [0.2, 0.25) is 0 Å². The van der Waals surface area contributed by atoms with Gasteiger partial charge in [0.2, 0.25) is 0 Å². The molecule has 3 nitrogen and oxygen atoms in total. The fourth-order valence-corrected chi connectivity index (χ4v) is 1.03. The number of rotatable bonds is 2. The summed E-state index contributed by atoms with van der Waals surface area (Å²) in [7, 11) is 0. The molecule has 4 heteroatoms. The van der Waals surface area contributed by atoms with E-state index in [-0.39, 0.29) is 13.0 Å². The van der Waals surface area contributed by atoms with Crippen molar-refractivity contribution in [1.82, 2.24) is 0 Å². The Kier molecular flexibility index (Phi) is 3.83. The first-order valence-electron chi connectivity index (χ1n) is 4.23. The summed E-state index contributed by atoms with van der Waals surface area (Å²) in [6, 6.07) is 3.80. The van der Waals surface area contributed by atoms with Crippen LogP contribution in [0.1, 0.15) is 17.5 Å². The van der Waals surface area contributed by atoms with Gasteiger partial charge >= 0.3 is 5.97 Å². The molecule has 0 heterocycles. The Labute approximate surface area is 86.2 Å². The number of aliphatic hydroxyl groups is 1. The largest absolute Gasteiger partial charge is 0.481 e. The Morgan fingerprint density at radius 2 is 2.20 bits per heavy atom. The number of hydrogen-bond acceptors (Lipinski definition) is 2. The Balaban J connectivity index is 2.92. The fourth-order valence-electron chi connectivity index (χ4n) is 1.03. The van der Waals surface area contributed by atoms with E-state index < -0.39 is 11.8 Å². The number of hydrogen-bond donors (Lipinski definition) is 2. The molecule has 78 valence electrons. The van der Waals surface area contributed by atoms with Crippen LogP contribution in [-0.2, 0) is 11.4 Å². The zero-order valence-corrected chi connectivity index (χ0v) is 7.83. The molecule has 0 fully saturated rings. The van der Waals surface area contributed by atoms with Crippen LogP contribution in [0.25, 0.3) is 0 Å². The van der Waals surface area contributed by atoms with Gasteiger partial charge in [0.1, 0.15) is 12.2 Å². The summed E-state index contributed by atoms with van der Waals surface area (Å²) in [6.07, 6.45) is -0.276. The van der Waals surface area contributed by atoms with E-state index >= 15 is 0 Å². The second-order valence-electron chi connectivity index (χ2n) is 2.83. The SMILES string of the molecule is O=C(O)CC#Cc1ccc(F)cc1CO. The Morgan fingerprint density at radius 3 is 2.80 bits per heavy atom. The van der Waals surface area contributed by atoms with Crippen LogP contribution >= 0.6 is 0 Å². The lowest BCUT2D eigenvalue weighted by molar-refractivity contribution is -0.135. The third-order valence-electron chi connectivity index (χ3n) is 1.70. The minimum atomic E-state index is -1.02. The Bertz CT molecular complexity index is 429. The number of aliphatic hydroxyl groups excluding tert-OH is 1. The highest BCUT2D eigenvalue weighted by atomic mass is 19.1. The maximum Gasteiger partial charge on any atom is 0.315 e. The van der Waals surface area contributed by atoms with Gasteiger partial charge in [-0.1, -0.05) is 11.8 Å². The van der Waals surface area contributed by atoms with Crippen molar-refractivity contribution in [2.24, 2.45) is 0 Å². The van der Waals surface area contributed by atoms with Crippen molar-refractivity contribution in [2.45, 2.75) is 13.0 Å².